The van der Waals surface area contributed by atoms with Crippen LogP contribution in [-0.2, 0) is 0 Å². The molecular weight excluding hydrogens is 277 g/mol. The maximum atomic E-state index is 10.8. The molecule has 0 saturated carbocycles. The standard InChI is InChI=1S/C11H15N3O2.2ClH/c12-9-2-5-14(6-3-9)10-7-8(11(15)16)1-4-13-10;;/h1,4,7,9H,2-3,5-6,12H2,(H,15,16);2*1H. The summed E-state index contributed by atoms with van der Waals surface area (Å²) in [5.74, 6) is -0.191. The molecule has 3 N–H and O–H groups in total. The average Bonchev–Trinajstić information content (AvgIpc) is 2.30. The molecule has 0 unspecified atom stereocenters. The van der Waals surface area contributed by atoms with Gasteiger partial charge >= 0.3 is 5.97 Å². The third-order valence-electron chi connectivity index (χ3n) is 2.86. The van der Waals surface area contributed by atoms with E-state index in [1.54, 1.807) is 6.07 Å². The van der Waals surface area contributed by atoms with Crippen molar-refractivity contribution < 1.29 is 9.90 Å². The van der Waals surface area contributed by atoms with Gasteiger partial charge in [-0.3, -0.25) is 0 Å². The van der Waals surface area contributed by atoms with E-state index in [0.717, 1.165) is 31.7 Å². The number of piperidine rings is 1. The van der Waals surface area contributed by atoms with Gasteiger partial charge in [0, 0.05) is 25.3 Å². The first-order valence-electron chi connectivity index (χ1n) is 5.36. The molecule has 5 nitrogen and oxygen atoms in total. The SMILES string of the molecule is Cl.Cl.NC1CCN(c2cc(C(=O)O)ccn2)CC1. The molecule has 0 aliphatic carbocycles. The summed E-state index contributed by atoms with van der Waals surface area (Å²) in [7, 11) is 0. The average molecular weight is 294 g/mol. The molecule has 18 heavy (non-hydrogen) atoms. The zero-order valence-corrected chi connectivity index (χ0v) is 11.4. The molecule has 0 aromatic carbocycles. The van der Waals surface area contributed by atoms with E-state index in [4.69, 9.17) is 10.8 Å². The van der Waals surface area contributed by atoms with Crippen LogP contribution >= 0.6 is 24.8 Å². The quantitative estimate of drug-likeness (QED) is 0.865. The number of pyridine rings is 1. The minimum Gasteiger partial charge on any atom is -0.478 e. The highest BCUT2D eigenvalue weighted by Crippen LogP contribution is 2.17. The Bertz CT molecular complexity index is 396. The molecule has 1 saturated heterocycles. The lowest BCUT2D eigenvalue weighted by molar-refractivity contribution is 0.0697. The van der Waals surface area contributed by atoms with Gasteiger partial charge in [0.25, 0.3) is 0 Å². The Balaban J connectivity index is 0.00000144. The van der Waals surface area contributed by atoms with Crippen molar-refractivity contribution in [2.45, 2.75) is 18.9 Å². The molecule has 102 valence electrons. The van der Waals surface area contributed by atoms with Crippen molar-refractivity contribution in [3.05, 3.63) is 23.9 Å². The second-order valence-electron chi connectivity index (χ2n) is 4.03. The number of aromatic carboxylic acids is 1. The molecule has 1 aliphatic rings. The largest absolute Gasteiger partial charge is 0.478 e. The maximum absolute atomic E-state index is 10.8. The first-order valence-corrected chi connectivity index (χ1v) is 5.36. The van der Waals surface area contributed by atoms with Crippen molar-refractivity contribution >= 4 is 36.6 Å². The molecule has 0 amide bonds. The molecule has 0 atom stereocenters. The fourth-order valence-corrected chi connectivity index (χ4v) is 1.85. The Morgan fingerprint density at radius 3 is 2.56 bits per heavy atom. The number of nitrogens with two attached hydrogens (primary N) is 1. The zero-order chi connectivity index (χ0) is 11.5. The van der Waals surface area contributed by atoms with E-state index >= 15 is 0 Å². The Kier molecular flexibility index (Phi) is 6.98. The van der Waals surface area contributed by atoms with Gasteiger partial charge in [0.15, 0.2) is 0 Å². The van der Waals surface area contributed by atoms with Gasteiger partial charge < -0.3 is 15.7 Å². The molecule has 1 fully saturated rings. The number of aromatic nitrogens is 1. The van der Waals surface area contributed by atoms with Gasteiger partial charge in [-0.1, -0.05) is 0 Å². The Morgan fingerprint density at radius 1 is 1.39 bits per heavy atom. The van der Waals surface area contributed by atoms with Crippen molar-refractivity contribution in [3.8, 4) is 0 Å². The lowest BCUT2D eigenvalue weighted by atomic mass is 10.1. The molecular formula is C11H17Cl2N3O2. The van der Waals surface area contributed by atoms with Crippen LogP contribution in [0.15, 0.2) is 18.3 Å². The fraction of sp³-hybridized carbons (Fsp3) is 0.455. The second kappa shape index (κ2) is 7.41. The summed E-state index contributed by atoms with van der Waals surface area (Å²) >= 11 is 0. The van der Waals surface area contributed by atoms with Crippen molar-refractivity contribution in [1.29, 1.82) is 0 Å². The number of nitrogens with zero attached hydrogens (tertiary/aromatic N) is 2. The van der Waals surface area contributed by atoms with Crippen LogP contribution in [0.3, 0.4) is 0 Å². The van der Waals surface area contributed by atoms with Gasteiger partial charge in [-0.25, -0.2) is 9.78 Å². The van der Waals surface area contributed by atoms with Gasteiger partial charge in [-0.15, -0.1) is 24.8 Å². The number of carboxylic acids is 1. The lowest BCUT2D eigenvalue weighted by Gasteiger charge is -2.31. The monoisotopic (exact) mass is 293 g/mol. The number of hydrogen-bond donors (Lipinski definition) is 2. The van der Waals surface area contributed by atoms with Crippen LogP contribution in [-0.4, -0.2) is 35.2 Å². The maximum Gasteiger partial charge on any atom is 0.335 e. The zero-order valence-electron chi connectivity index (χ0n) is 9.78. The minimum atomic E-state index is -0.919. The minimum absolute atomic E-state index is 0. The number of halogens is 2. The normalized spacial score (nSPS) is 15.5. The molecule has 0 radical (unpaired) electrons. The molecule has 1 aromatic heterocycles. The Labute approximate surface area is 118 Å². The molecule has 0 spiro atoms. The number of carboxylic acid groups (broad SMARTS) is 1. The van der Waals surface area contributed by atoms with Crippen LogP contribution in [0, 0.1) is 0 Å². The molecule has 1 aliphatic heterocycles. The highest BCUT2D eigenvalue weighted by Gasteiger charge is 2.17. The Morgan fingerprint density at radius 2 is 2.00 bits per heavy atom. The van der Waals surface area contributed by atoms with Crippen LogP contribution in [0.1, 0.15) is 23.2 Å². The molecule has 1 aromatic rings. The first kappa shape index (κ1) is 17.0. The predicted octanol–water partition coefficient (Wildman–Crippen LogP) is 1.55. The van der Waals surface area contributed by atoms with Crippen LogP contribution < -0.4 is 10.6 Å². The summed E-state index contributed by atoms with van der Waals surface area (Å²) in [6, 6.07) is 3.37. The van der Waals surface area contributed by atoms with Crippen LogP contribution in [0.5, 0.6) is 0 Å². The van der Waals surface area contributed by atoms with Crippen LogP contribution in [0.2, 0.25) is 0 Å². The van der Waals surface area contributed by atoms with E-state index in [1.807, 2.05) is 0 Å². The van der Waals surface area contributed by atoms with Gasteiger partial charge in [0.1, 0.15) is 5.82 Å². The molecule has 2 rings (SSSR count). The first-order chi connectivity index (χ1) is 7.66. The lowest BCUT2D eigenvalue weighted by Crippen LogP contribution is -2.40. The number of rotatable bonds is 2. The van der Waals surface area contributed by atoms with Crippen molar-refractivity contribution in [1.82, 2.24) is 4.98 Å². The highest BCUT2D eigenvalue weighted by atomic mass is 35.5. The summed E-state index contributed by atoms with van der Waals surface area (Å²) in [4.78, 5) is 17.1. The van der Waals surface area contributed by atoms with Crippen LogP contribution in [0.25, 0.3) is 0 Å². The summed E-state index contributed by atoms with van der Waals surface area (Å²) in [6.45, 7) is 1.69. The molecule has 2 heterocycles. The summed E-state index contributed by atoms with van der Waals surface area (Å²) in [5, 5.41) is 8.88. The molecule has 7 heteroatoms. The van der Waals surface area contributed by atoms with E-state index in [-0.39, 0.29) is 36.4 Å². The van der Waals surface area contributed by atoms with Crippen molar-refractivity contribution in [3.63, 3.8) is 0 Å². The second-order valence-corrected chi connectivity index (χ2v) is 4.03. The van der Waals surface area contributed by atoms with Gasteiger partial charge in [-0.2, -0.15) is 0 Å². The predicted molar refractivity (Wildman–Crippen MR) is 75.1 cm³/mol. The van der Waals surface area contributed by atoms with Gasteiger partial charge in [0.05, 0.1) is 5.56 Å². The number of hydrogen-bond acceptors (Lipinski definition) is 4. The number of carbonyl (C=O) groups is 1. The van der Waals surface area contributed by atoms with Crippen molar-refractivity contribution in [2.24, 2.45) is 5.73 Å². The van der Waals surface area contributed by atoms with Gasteiger partial charge in [0.2, 0.25) is 0 Å². The van der Waals surface area contributed by atoms with E-state index in [2.05, 4.69) is 9.88 Å². The van der Waals surface area contributed by atoms with E-state index in [9.17, 15) is 4.79 Å². The third kappa shape index (κ3) is 4.01. The third-order valence-corrected chi connectivity index (χ3v) is 2.86. The summed E-state index contributed by atoms with van der Waals surface area (Å²) in [6.07, 6.45) is 3.39. The van der Waals surface area contributed by atoms with Crippen molar-refractivity contribution in [2.75, 3.05) is 18.0 Å². The summed E-state index contributed by atoms with van der Waals surface area (Å²) < 4.78 is 0. The topological polar surface area (TPSA) is 79.5 Å². The van der Waals surface area contributed by atoms with Crippen LogP contribution in [0.4, 0.5) is 5.82 Å². The van der Waals surface area contributed by atoms with E-state index in [0.29, 0.717) is 0 Å². The highest BCUT2D eigenvalue weighted by molar-refractivity contribution is 5.88. The summed E-state index contributed by atoms with van der Waals surface area (Å²) in [5.41, 5.74) is 6.09. The van der Waals surface area contributed by atoms with E-state index < -0.39 is 5.97 Å². The fourth-order valence-electron chi connectivity index (χ4n) is 1.85. The van der Waals surface area contributed by atoms with E-state index in [1.165, 1.54) is 12.3 Å². The number of anilines is 1. The Hall–Kier alpha value is -1.04. The molecule has 0 bridgehead atoms. The smallest absolute Gasteiger partial charge is 0.335 e. The van der Waals surface area contributed by atoms with Gasteiger partial charge in [-0.05, 0) is 25.0 Å².